The fraction of sp³-hybridized carbons (Fsp3) is 0.500. The number of nitrogens with one attached hydrogen (secondary N) is 1. The molecule has 2 heterocycles. The van der Waals surface area contributed by atoms with Gasteiger partial charge in [0.15, 0.2) is 11.5 Å². The molecule has 0 bridgehead atoms. The molecule has 7 nitrogen and oxygen atoms in total. The molecule has 0 fully saturated rings. The van der Waals surface area contributed by atoms with E-state index in [1.54, 1.807) is 14.2 Å². The molecule has 1 unspecified atom stereocenters. The first-order valence-electron chi connectivity index (χ1n) is 9.21. The van der Waals surface area contributed by atoms with Gasteiger partial charge in [0.1, 0.15) is 0 Å². The second-order valence-electron chi connectivity index (χ2n) is 7.11. The Bertz CT molecular complexity index is 831. The minimum atomic E-state index is -0.0514. The van der Waals surface area contributed by atoms with Gasteiger partial charge in [0.25, 0.3) is 0 Å². The summed E-state index contributed by atoms with van der Waals surface area (Å²) in [6, 6.07) is 5.95. The molecule has 1 atom stereocenters. The first-order chi connectivity index (χ1) is 12.9. The number of ether oxygens (including phenoxy) is 2. The number of hydrogen-bond donors (Lipinski definition) is 1. The molecule has 146 valence electrons. The average Bonchev–Trinajstić information content (AvgIpc) is 2.96. The number of carbonyl (C=O) groups excluding carboxylic acids is 1. The van der Waals surface area contributed by atoms with Gasteiger partial charge < -0.3 is 19.7 Å². The maximum absolute atomic E-state index is 12.7. The van der Waals surface area contributed by atoms with E-state index < -0.39 is 0 Å². The number of urea groups is 1. The summed E-state index contributed by atoms with van der Waals surface area (Å²) in [5, 5.41) is 7.55. The first-order valence-corrected chi connectivity index (χ1v) is 9.21. The molecule has 0 spiro atoms. The standard InChI is InChI=1S/C20H28N4O3/c1-13-8-15(3)24(22-13)11-14(2)21-20(25)23-7-6-16-9-18(26-4)19(27-5)10-17(16)12-23/h8-10,14H,6-7,11-12H2,1-5H3,(H,21,25). The summed E-state index contributed by atoms with van der Waals surface area (Å²) in [5.41, 5.74) is 4.39. The molecule has 1 aliphatic rings. The minimum Gasteiger partial charge on any atom is -0.493 e. The zero-order chi connectivity index (χ0) is 19.6. The number of aryl methyl sites for hydroxylation is 2. The lowest BCUT2D eigenvalue weighted by Crippen LogP contribution is -2.47. The van der Waals surface area contributed by atoms with Gasteiger partial charge in [-0.1, -0.05) is 0 Å². The average molecular weight is 372 g/mol. The summed E-state index contributed by atoms with van der Waals surface area (Å²) in [5.74, 6) is 1.42. The van der Waals surface area contributed by atoms with Crippen molar-refractivity contribution in [3.8, 4) is 11.5 Å². The maximum Gasteiger partial charge on any atom is 0.317 e. The lowest BCUT2D eigenvalue weighted by molar-refractivity contribution is 0.187. The lowest BCUT2D eigenvalue weighted by Gasteiger charge is -2.30. The van der Waals surface area contributed by atoms with Crippen LogP contribution in [0.1, 0.15) is 29.4 Å². The molecule has 0 aliphatic carbocycles. The highest BCUT2D eigenvalue weighted by Gasteiger charge is 2.24. The van der Waals surface area contributed by atoms with E-state index in [4.69, 9.17) is 9.47 Å². The Hall–Kier alpha value is -2.70. The van der Waals surface area contributed by atoms with Crippen LogP contribution in [-0.2, 0) is 19.5 Å². The van der Waals surface area contributed by atoms with Gasteiger partial charge >= 0.3 is 6.03 Å². The van der Waals surface area contributed by atoms with Gasteiger partial charge in [-0.25, -0.2) is 4.79 Å². The Kier molecular flexibility index (Phi) is 5.58. The van der Waals surface area contributed by atoms with Crippen molar-refractivity contribution in [2.45, 2.75) is 46.3 Å². The van der Waals surface area contributed by atoms with E-state index in [9.17, 15) is 4.79 Å². The Morgan fingerprint density at radius 3 is 2.44 bits per heavy atom. The molecule has 2 amide bonds. The third kappa shape index (κ3) is 4.18. The highest BCUT2D eigenvalue weighted by Crippen LogP contribution is 2.33. The van der Waals surface area contributed by atoms with E-state index >= 15 is 0 Å². The van der Waals surface area contributed by atoms with Crippen LogP contribution in [0.2, 0.25) is 0 Å². The molecular formula is C20H28N4O3. The summed E-state index contributed by atoms with van der Waals surface area (Å²) in [7, 11) is 3.26. The number of benzene rings is 1. The number of carbonyl (C=O) groups is 1. The summed E-state index contributed by atoms with van der Waals surface area (Å²) in [4.78, 5) is 14.5. The van der Waals surface area contributed by atoms with Crippen LogP contribution in [0.5, 0.6) is 11.5 Å². The van der Waals surface area contributed by atoms with Crippen LogP contribution in [0.15, 0.2) is 18.2 Å². The van der Waals surface area contributed by atoms with Gasteiger partial charge in [-0.3, -0.25) is 4.68 Å². The second kappa shape index (κ2) is 7.90. The zero-order valence-electron chi connectivity index (χ0n) is 16.7. The largest absolute Gasteiger partial charge is 0.493 e. The van der Waals surface area contributed by atoms with Gasteiger partial charge in [0.05, 0.1) is 26.5 Å². The van der Waals surface area contributed by atoms with Gasteiger partial charge in [0, 0.05) is 24.8 Å². The molecule has 2 aromatic rings. The number of methoxy groups -OCH3 is 2. The predicted molar refractivity (Wildman–Crippen MR) is 103 cm³/mol. The number of nitrogens with zero attached hydrogens (tertiary/aromatic N) is 3. The van der Waals surface area contributed by atoms with Crippen molar-refractivity contribution in [2.75, 3.05) is 20.8 Å². The van der Waals surface area contributed by atoms with Gasteiger partial charge in [0.2, 0.25) is 0 Å². The number of fused-ring (bicyclic) bond motifs is 1. The van der Waals surface area contributed by atoms with Gasteiger partial charge in [-0.05, 0) is 56.5 Å². The lowest BCUT2D eigenvalue weighted by atomic mass is 9.99. The highest BCUT2D eigenvalue weighted by atomic mass is 16.5. The van der Waals surface area contributed by atoms with Crippen molar-refractivity contribution in [1.29, 1.82) is 0 Å². The molecule has 0 radical (unpaired) electrons. The van der Waals surface area contributed by atoms with E-state index in [-0.39, 0.29) is 12.1 Å². The van der Waals surface area contributed by atoms with Crippen LogP contribution in [-0.4, -0.2) is 47.5 Å². The Morgan fingerprint density at radius 1 is 1.19 bits per heavy atom. The molecule has 0 saturated heterocycles. The second-order valence-corrected chi connectivity index (χ2v) is 7.11. The Morgan fingerprint density at radius 2 is 1.85 bits per heavy atom. The summed E-state index contributed by atoms with van der Waals surface area (Å²) >= 11 is 0. The van der Waals surface area contributed by atoms with Gasteiger partial charge in [-0.15, -0.1) is 0 Å². The fourth-order valence-electron chi connectivity index (χ4n) is 3.52. The van der Waals surface area contributed by atoms with E-state index in [1.807, 2.05) is 48.6 Å². The van der Waals surface area contributed by atoms with Crippen molar-refractivity contribution in [3.05, 3.63) is 40.7 Å². The zero-order valence-corrected chi connectivity index (χ0v) is 16.7. The molecule has 1 N–H and O–H groups in total. The van der Waals surface area contributed by atoms with Crippen LogP contribution in [0.3, 0.4) is 0 Å². The van der Waals surface area contributed by atoms with E-state index in [0.717, 1.165) is 29.1 Å². The van der Waals surface area contributed by atoms with Crippen LogP contribution in [0.25, 0.3) is 0 Å². The first kappa shape index (κ1) is 19.1. The molecular weight excluding hydrogens is 344 g/mol. The molecule has 3 rings (SSSR count). The predicted octanol–water partition coefficient (Wildman–Crippen LogP) is 2.67. The fourth-order valence-corrected chi connectivity index (χ4v) is 3.52. The normalized spacial score (nSPS) is 14.5. The van der Waals surface area contributed by atoms with Gasteiger partial charge in [-0.2, -0.15) is 5.10 Å². The molecule has 1 aliphatic heterocycles. The monoisotopic (exact) mass is 372 g/mol. The molecule has 0 saturated carbocycles. The summed E-state index contributed by atoms with van der Waals surface area (Å²) in [6.07, 6.45) is 0.801. The molecule has 1 aromatic heterocycles. The quantitative estimate of drug-likeness (QED) is 0.876. The van der Waals surface area contributed by atoms with Crippen LogP contribution in [0, 0.1) is 13.8 Å². The van der Waals surface area contributed by atoms with Crippen molar-refractivity contribution in [1.82, 2.24) is 20.0 Å². The highest BCUT2D eigenvalue weighted by molar-refractivity contribution is 5.75. The van der Waals surface area contributed by atoms with Crippen molar-refractivity contribution >= 4 is 6.03 Å². The molecule has 1 aromatic carbocycles. The van der Waals surface area contributed by atoms with Crippen molar-refractivity contribution < 1.29 is 14.3 Å². The Balaban J connectivity index is 1.64. The number of aromatic nitrogens is 2. The maximum atomic E-state index is 12.7. The van der Waals surface area contributed by atoms with Crippen LogP contribution >= 0.6 is 0 Å². The number of hydrogen-bond acceptors (Lipinski definition) is 4. The molecule has 7 heteroatoms. The summed E-state index contributed by atoms with van der Waals surface area (Å²) < 4.78 is 12.7. The number of amides is 2. The smallest absolute Gasteiger partial charge is 0.317 e. The van der Waals surface area contributed by atoms with Crippen molar-refractivity contribution in [3.63, 3.8) is 0 Å². The SMILES string of the molecule is COc1cc2c(cc1OC)CN(C(=O)NC(C)Cn1nc(C)cc1C)CC2. The van der Waals surface area contributed by atoms with Crippen LogP contribution < -0.4 is 14.8 Å². The van der Waals surface area contributed by atoms with Crippen molar-refractivity contribution in [2.24, 2.45) is 0 Å². The van der Waals surface area contributed by atoms with Crippen LogP contribution in [0.4, 0.5) is 4.79 Å². The topological polar surface area (TPSA) is 68.6 Å². The van der Waals surface area contributed by atoms with E-state index in [2.05, 4.69) is 10.4 Å². The van der Waals surface area contributed by atoms with E-state index in [1.165, 1.54) is 5.56 Å². The minimum absolute atomic E-state index is 0.0118. The Labute approximate surface area is 160 Å². The number of rotatable bonds is 5. The third-order valence-corrected chi connectivity index (χ3v) is 4.93. The third-order valence-electron chi connectivity index (χ3n) is 4.93. The molecule has 27 heavy (non-hydrogen) atoms. The summed E-state index contributed by atoms with van der Waals surface area (Å²) in [6.45, 7) is 7.90. The van der Waals surface area contributed by atoms with E-state index in [0.29, 0.717) is 25.4 Å².